The Kier molecular flexibility index (Phi) is 5.26. The zero-order valence-electron chi connectivity index (χ0n) is 17.5. The highest BCUT2D eigenvalue weighted by Gasteiger charge is 2.30. The number of carbonyl (C=O) groups is 1. The largest absolute Gasteiger partial charge is 0.467 e. The van der Waals surface area contributed by atoms with E-state index in [1.807, 2.05) is 53.4 Å². The predicted molar refractivity (Wildman–Crippen MR) is 118 cm³/mol. The van der Waals surface area contributed by atoms with Gasteiger partial charge in [0.25, 0.3) is 5.91 Å². The van der Waals surface area contributed by atoms with E-state index in [0.717, 1.165) is 42.9 Å². The summed E-state index contributed by atoms with van der Waals surface area (Å²) in [5.74, 6) is 0.723. The van der Waals surface area contributed by atoms with E-state index in [1.54, 1.807) is 23.2 Å². The summed E-state index contributed by atoms with van der Waals surface area (Å²) in [6.07, 6.45) is 6.90. The number of nitrogens with zero attached hydrogens (tertiary/aromatic N) is 5. The number of likely N-dealkylation sites (tertiary alicyclic amines) is 1. The zero-order valence-corrected chi connectivity index (χ0v) is 17.5. The average molecular weight is 415 g/mol. The minimum absolute atomic E-state index is 0.0568. The number of piperidine rings is 1. The van der Waals surface area contributed by atoms with E-state index in [4.69, 9.17) is 4.42 Å². The van der Waals surface area contributed by atoms with Crippen molar-refractivity contribution in [2.24, 2.45) is 0 Å². The molecule has 4 heterocycles. The summed E-state index contributed by atoms with van der Waals surface area (Å²) in [5.41, 5.74) is 3.02. The van der Waals surface area contributed by atoms with Gasteiger partial charge in [0, 0.05) is 17.8 Å². The van der Waals surface area contributed by atoms with E-state index in [1.165, 1.54) is 0 Å². The number of furan rings is 1. The smallest absolute Gasteiger partial charge is 0.260 e. The molecule has 1 saturated heterocycles. The fraction of sp³-hybridized carbons (Fsp3) is 0.292. The van der Waals surface area contributed by atoms with Crippen LogP contribution in [0.15, 0.2) is 71.6 Å². The van der Waals surface area contributed by atoms with Crippen molar-refractivity contribution >= 4 is 11.6 Å². The molecule has 1 aliphatic rings. The number of benzene rings is 1. The van der Waals surface area contributed by atoms with Gasteiger partial charge in [0.1, 0.15) is 11.3 Å². The predicted octanol–water partition coefficient (Wildman–Crippen LogP) is 3.73. The van der Waals surface area contributed by atoms with Crippen LogP contribution in [0.2, 0.25) is 0 Å². The first-order chi connectivity index (χ1) is 15.2. The van der Waals surface area contributed by atoms with Gasteiger partial charge in [0.05, 0.1) is 24.7 Å². The van der Waals surface area contributed by atoms with Crippen LogP contribution < -0.4 is 0 Å². The van der Waals surface area contributed by atoms with E-state index in [9.17, 15) is 4.79 Å². The summed E-state index contributed by atoms with van der Waals surface area (Å²) in [6, 6.07) is 15.9. The Labute approximate surface area is 180 Å². The molecular weight excluding hydrogens is 390 g/mol. The van der Waals surface area contributed by atoms with Crippen LogP contribution in [0.25, 0.3) is 16.9 Å². The van der Waals surface area contributed by atoms with Gasteiger partial charge in [0.15, 0.2) is 5.65 Å². The van der Waals surface area contributed by atoms with E-state index in [2.05, 4.69) is 22.0 Å². The van der Waals surface area contributed by atoms with Crippen molar-refractivity contribution in [1.29, 1.82) is 0 Å². The molecule has 1 aliphatic heterocycles. The van der Waals surface area contributed by atoms with Gasteiger partial charge in [-0.3, -0.25) is 4.79 Å². The van der Waals surface area contributed by atoms with Crippen LogP contribution in [0.1, 0.15) is 29.0 Å². The molecule has 3 aromatic heterocycles. The van der Waals surface area contributed by atoms with Crippen molar-refractivity contribution in [2.45, 2.75) is 25.4 Å². The third-order valence-corrected chi connectivity index (χ3v) is 6.00. The monoisotopic (exact) mass is 415 g/mol. The lowest BCUT2D eigenvalue weighted by Gasteiger charge is -2.36. The van der Waals surface area contributed by atoms with Crippen LogP contribution in [-0.4, -0.2) is 56.5 Å². The molecule has 1 amide bonds. The Morgan fingerprint density at radius 1 is 1.13 bits per heavy atom. The molecule has 4 aromatic rings. The van der Waals surface area contributed by atoms with Gasteiger partial charge in [-0.05, 0) is 51.2 Å². The number of rotatable bonds is 5. The van der Waals surface area contributed by atoms with Crippen LogP contribution >= 0.6 is 0 Å². The molecule has 0 unspecified atom stereocenters. The number of amides is 1. The summed E-state index contributed by atoms with van der Waals surface area (Å²) < 4.78 is 7.32. The van der Waals surface area contributed by atoms with Gasteiger partial charge in [-0.25, -0.2) is 9.50 Å². The van der Waals surface area contributed by atoms with Crippen molar-refractivity contribution in [2.75, 3.05) is 20.1 Å². The fourth-order valence-corrected chi connectivity index (χ4v) is 4.27. The van der Waals surface area contributed by atoms with E-state index < -0.39 is 0 Å². The third kappa shape index (κ3) is 3.84. The molecule has 0 saturated carbocycles. The van der Waals surface area contributed by atoms with Crippen molar-refractivity contribution < 1.29 is 9.21 Å². The van der Waals surface area contributed by atoms with Gasteiger partial charge in [-0.1, -0.05) is 30.3 Å². The van der Waals surface area contributed by atoms with Crippen molar-refractivity contribution in [3.8, 4) is 11.3 Å². The van der Waals surface area contributed by atoms with Gasteiger partial charge < -0.3 is 14.2 Å². The highest BCUT2D eigenvalue weighted by molar-refractivity contribution is 6.00. The number of hydrogen-bond donors (Lipinski definition) is 0. The molecule has 7 nitrogen and oxygen atoms in total. The molecule has 0 N–H and O–H groups in total. The highest BCUT2D eigenvalue weighted by atomic mass is 16.3. The lowest BCUT2D eigenvalue weighted by atomic mass is 10.0. The van der Waals surface area contributed by atoms with Gasteiger partial charge >= 0.3 is 0 Å². The maximum atomic E-state index is 13.8. The summed E-state index contributed by atoms with van der Waals surface area (Å²) >= 11 is 0. The highest BCUT2D eigenvalue weighted by Crippen LogP contribution is 2.25. The second-order valence-corrected chi connectivity index (χ2v) is 8.04. The summed E-state index contributed by atoms with van der Waals surface area (Å²) in [7, 11) is 2.12. The molecule has 0 aliphatic carbocycles. The molecule has 0 bridgehead atoms. The minimum Gasteiger partial charge on any atom is -0.467 e. The molecule has 0 atom stereocenters. The molecule has 31 heavy (non-hydrogen) atoms. The number of aromatic nitrogens is 3. The molecule has 7 heteroatoms. The van der Waals surface area contributed by atoms with Crippen molar-refractivity contribution in [3.05, 3.63) is 78.5 Å². The van der Waals surface area contributed by atoms with Crippen LogP contribution in [0.4, 0.5) is 0 Å². The second kappa shape index (κ2) is 8.35. The number of hydrogen-bond acceptors (Lipinski definition) is 5. The first kappa shape index (κ1) is 19.5. The number of carbonyl (C=O) groups excluding carboxylic acids is 1. The number of fused-ring (bicyclic) bond motifs is 1. The van der Waals surface area contributed by atoms with E-state index in [-0.39, 0.29) is 11.9 Å². The SMILES string of the molecule is CN1CCC(N(Cc2ccco2)C(=O)c2cnn3c(-c4ccccc4)ccnc23)CC1. The Morgan fingerprint density at radius 2 is 1.94 bits per heavy atom. The lowest BCUT2D eigenvalue weighted by Crippen LogP contribution is -2.46. The standard InChI is InChI=1S/C24H25N5O2/c1-27-13-10-19(11-14-27)28(17-20-8-5-15-31-20)24(30)21-16-26-29-22(9-12-25-23(21)29)18-6-3-2-4-7-18/h2-9,12,15-16,19H,10-11,13-14,17H2,1H3. The van der Waals surface area contributed by atoms with Crippen LogP contribution in [0.3, 0.4) is 0 Å². The summed E-state index contributed by atoms with van der Waals surface area (Å²) in [4.78, 5) is 22.5. The summed E-state index contributed by atoms with van der Waals surface area (Å²) in [6.45, 7) is 2.38. The van der Waals surface area contributed by atoms with Crippen LogP contribution in [0.5, 0.6) is 0 Å². The normalized spacial score (nSPS) is 15.4. The van der Waals surface area contributed by atoms with Gasteiger partial charge in [0.2, 0.25) is 0 Å². The first-order valence-corrected chi connectivity index (χ1v) is 10.6. The van der Waals surface area contributed by atoms with Gasteiger partial charge in [-0.15, -0.1) is 0 Å². The Bertz CT molecular complexity index is 1160. The Balaban J connectivity index is 1.51. The van der Waals surface area contributed by atoms with E-state index >= 15 is 0 Å². The molecule has 0 spiro atoms. The van der Waals surface area contributed by atoms with Crippen molar-refractivity contribution in [1.82, 2.24) is 24.4 Å². The molecule has 1 fully saturated rings. The van der Waals surface area contributed by atoms with Crippen molar-refractivity contribution in [3.63, 3.8) is 0 Å². The topological polar surface area (TPSA) is 66.9 Å². The lowest BCUT2D eigenvalue weighted by molar-refractivity contribution is 0.0552. The van der Waals surface area contributed by atoms with Crippen LogP contribution in [-0.2, 0) is 6.54 Å². The maximum absolute atomic E-state index is 13.8. The molecule has 5 rings (SSSR count). The second-order valence-electron chi connectivity index (χ2n) is 8.04. The Hall–Kier alpha value is -3.45. The molecular formula is C24H25N5O2. The fourth-order valence-electron chi connectivity index (χ4n) is 4.27. The molecule has 0 radical (unpaired) electrons. The maximum Gasteiger partial charge on any atom is 0.260 e. The Morgan fingerprint density at radius 3 is 2.68 bits per heavy atom. The van der Waals surface area contributed by atoms with Gasteiger partial charge in [-0.2, -0.15) is 5.10 Å². The third-order valence-electron chi connectivity index (χ3n) is 6.00. The average Bonchev–Trinajstić information content (AvgIpc) is 3.48. The van der Waals surface area contributed by atoms with Crippen LogP contribution in [0, 0.1) is 0 Å². The quantitative estimate of drug-likeness (QED) is 0.497. The summed E-state index contributed by atoms with van der Waals surface area (Å²) in [5, 5.41) is 4.53. The minimum atomic E-state index is -0.0568. The molecule has 1 aromatic carbocycles. The van der Waals surface area contributed by atoms with E-state index in [0.29, 0.717) is 17.8 Å². The zero-order chi connectivity index (χ0) is 21.2. The molecule has 158 valence electrons. The first-order valence-electron chi connectivity index (χ1n) is 10.6.